The minimum atomic E-state index is -5.08. The number of fused-ring (bicyclic) bond motifs is 1. The number of amides is 2. The Kier molecular flexibility index (Phi) is 13.0. The standard InChI is InChI=1S/C36H38N4O5.C2HF3O2/c1-24(2)39-29-19-18-25(12-9-10-21-45-31-17-11-20-38-34(31)37)22-28(29)35(43)40(33(36(39)44)27-15-7-4-8-16-27)30(23-32(41)42)26-13-5-3-6-14-26;3-2(4,5)1(6)7/h3-8,11,13-20,22,24,30,33H,9-10,12,21,23H2,1-2H3,(H2,37,38)(H,41,42);(H,6,7). The van der Waals surface area contributed by atoms with Gasteiger partial charge in [-0.15, -0.1) is 0 Å². The van der Waals surface area contributed by atoms with E-state index in [9.17, 15) is 32.7 Å². The van der Waals surface area contributed by atoms with E-state index in [1.807, 2.05) is 80.6 Å². The van der Waals surface area contributed by atoms with Crippen molar-refractivity contribution in [3.8, 4) is 5.75 Å². The maximum Gasteiger partial charge on any atom is 0.490 e. The highest BCUT2D eigenvalue weighted by molar-refractivity contribution is 6.11. The molecule has 0 spiro atoms. The van der Waals surface area contributed by atoms with Crippen LogP contribution in [0.15, 0.2) is 97.2 Å². The maximum atomic E-state index is 14.8. The van der Waals surface area contributed by atoms with Crippen LogP contribution >= 0.6 is 0 Å². The van der Waals surface area contributed by atoms with Crippen molar-refractivity contribution in [1.29, 1.82) is 0 Å². The zero-order valence-electron chi connectivity index (χ0n) is 28.5. The average molecular weight is 721 g/mol. The number of halogens is 3. The van der Waals surface area contributed by atoms with Crippen molar-refractivity contribution in [2.24, 2.45) is 0 Å². The van der Waals surface area contributed by atoms with Gasteiger partial charge in [0.1, 0.15) is 6.04 Å². The van der Waals surface area contributed by atoms with Gasteiger partial charge in [0.25, 0.3) is 11.8 Å². The summed E-state index contributed by atoms with van der Waals surface area (Å²) in [6.45, 7) is 4.30. The Morgan fingerprint density at radius 2 is 1.56 bits per heavy atom. The van der Waals surface area contributed by atoms with Crippen molar-refractivity contribution >= 4 is 35.3 Å². The molecule has 0 radical (unpaired) electrons. The second-order valence-corrected chi connectivity index (χ2v) is 12.2. The fourth-order valence-corrected chi connectivity index (χ4v) is 5.89. The van der Waals surface area contributed by atoms with Crippen LogP contribution in [0.5, 0.6) is 5.75 Å². The Labute approximate surface area is 298 Å². The molecule has 0 saturated carbocycles. The van der Waals surface area contributed by atoms with E-state index in [0.717, 1.165) is 18.4 Å². The minimum Gasteiger partial charge on any atom is -0.490 e. The number of rotatable bonds is 12. The highest BCUT2D eigenvalue weighted by atomic mass is 19.4. The molecule has 0 aliphatic carbocycles. The first-order valence-corrected chi connectivity index (χ1v) is 16.4. The lowest BCUT2D eigenvalue weighted by Crippen LogP contribution is -2.46. The first kappa shape index (κ1) is 38.9. The molecule has 1 aliphatic rings. The predicted molar refractivity (Wildman–Crippen MR) is 187 cm³/mol. The van der Waals surface area contributed by atoms with Crippen LogP contribution < -0.4 is 15.4 Å². The number of hydrogen-bond acceptors (Lipinski definition) is 7. The highest BCUT2D eigenvalue weighted by Crippen LogP contribution is 2.42. The molecule has 2 amide bonds. The molecule has 4 aromatic rings. The van der Waals surface area contributed by atoms with Crippen molar-refractivity contribution in [3.05, 3.63) is 119 Å². The number of anilines is 2. The van der Waals surface area contributed by atoms with Crippen molar-refractivity contribution < 1.29 is 47.3 Å². The molecular weight excluding hydrogens is 681 g/mol. The van der Waals surface area contributed by atoms with Gasteiger partial charge in [0.15, 0.2) is 11.6 Å². The summed E-state index contributed by atoms with van der Waals surface area (Å²) in [5, 5.41) is 17.1. The molecule has 0 fully saturated rings. The number of alkyl halides is 3. The van der Waals surface area contributed by atoms with Crippen LogP contribution in [0.3, 0.4) is 0 Å². The zero-order chi connectivity index (χ0) is 38.0. The third kappa shape index (κ3) is 9.65. The Balaban J connectivity index is 0.000000785. The Hall–Kier alpha value is -5.92. The van der Waals surface area contributed by atoms with E-state index in [0.29, 0.717) is 47.0 Å². The van der Waals surface area contributed by atoms with Gasteiger partial charge in [0, 0.05) is 12.2 Å². The second kappa shape index (κ2) is 17.3. The normalized spacial score (nSPS) is 14.9. The van der Waals surface area contributed by atoms with E-state index in [-0.39, 0.29) is 24.3 Å². The van der Waals surface area contributed by atoms with Gasteiger partial charge in [0.05, 0.1) is 30.3 Å². The molecule has 5 rings (SSSR count). The summed E-state index contributed by atoms with van der Waals surface area (Å²) < 4.78 is 37.5. The van der Waals surface area contributed by atoms with Crippen LogP contribution in [0.4, 0.5) is 24.7 Å². The van der Waals surface area contributed by atoms with Crippen LogP contribution in [-0.4, -0.2) is 62.7 Å². The molecular formula is C38H39F3N4O7. The SMILES string of the molecule is CC(C)N1C(=O)C(c2ccccc2)N(C(CC(=O)O)c2ccccc2)C(=O)c2cc(CCCCOc3cccnc3N)ccc21.O=C(O)C(F)(F)F. The molecule has 2 unspecified atom stereocenters. The summed E-state index contributed by atoms with van der Waals surface area (Å²) in [5.74, 6) is -3.59. The summed E-state index contributed by atoms with van der Waals surface area (Å²) in [7, 11) is 0. The lowest BCUT2D eigenvalue weighted by atomic mass is 9.95. The molecule has 0 saturated heterocycles. The minimum absolute atomic E-state index is 0.257. The molecule has 2 atom stereocenters. The van der Waals surface area contributed by atoms with Crippen molar-refractivity contribution in [2.45, 2.75) is 63.8 Å². The van der Waals surface area contributed by atoms with Gasteiger partial charge in [-0.2, -0.15) is 13.2 Å². The van der Waals surface area contributed by atoms with Gasteiger partial charge in [0.2, 0.25) is 0 Å². The van der Waals surface area contributed by atoms with Crippen LogP contribution in [0, 0.1) is 0 Å². The van der Waals surface area contributed by atoms with Crippen LogP contribution in [0.25, 0.3) is 0 Å². The summed E-state index contributed by atoms with van der Waals surface area (Å²) in [6, 6.07) is 25.2. The zero-order valence-corrected chi connectivity index (χ0v) is 28.5. The van der Waals surface area contributed by atoms with Crippen LogP contribution in [0.2, 0.25) is 0 Å². The highest BCUT2D eigenvalue weighted by Gasteiger charge is 2.45. The monoisotopic (exact) mass is 720 g/mol. The number of benzene rings is 3. The Bertz CT molecular complexity index is 1860. The number of hydrogen-bond donors (Lipinski definition) is 3. The van der Waals surface area contributed by atoms with Gasteiger partial charge >= 0.3 is 18.1 Å². The van der Waals surface area contributed by atoms with E-state index in [2.05, 4.69) is 4.98 Å². The number of nitrogens with zero attached hydrogens (tertiary/aromatic N) is 3. The number of carboxylic acids is 2. The molecule has 14 heteroatoms. The largest absolute Gasteiger partial charge is 0.490 e. The number of pyridine rings is 1. The molecule has 2 heterocycles. The summed E-state index contributed by atoms with van der Waals surface area (Å²) in [6.07, 6.45) is -1.59. The molecule has 4 N–H and O–H groups in total. The number of nitrogen functional groups attached to an aromatic ring is 1. The molecule has 3 aromatic carbocycles. The van der Waals surface area contributed by atoms with Gasteiger partial charge < -0.3 is 30.5 Å². The topological polar surface area (TPSA) is 163 Å². The quantitative estimate of drug-likeness (QED) is 0.133. The van der Waals surface area contributed by atoms with E-state index < -0.39 is 30.2 Å². The molecule has 274 valence electrons. The smallest absolute Gasteiger partial charge is 0.490 e. The first-order valence-electron chi connectivity index (χ1n) is 16.4. The van der Waals surface area contributed by atoms with E-state index in [4.69, 9.17) is 20.4 Å². The number of aliphatic carboxylic acids is 2. The lowest BCUT2D eigenvalue weighted by molar-refractivity contribution is -0.192. The number of aromatic nitrogens is 1. The van der Waals surface area contributed by atoms with Gasteiger partial charge in [-0.05, 0) is 74.1 Å². The third-order valence-corrected chi connectivity index (χ3v) is 8.21. The van der Waals surface area contributed by atoms with E-state index >= 15 is 0 Å². The Morgan fingerprint density at radius 1 is 0.923 bits per heavy atom. The molecule has 0 bridgehead atoms. The number of aryl methyl sites for hydroxylation is 1. The van der Waals surface area contributed by atoms with Crippen molar-refractivity contribution in [2.75, 3.05) is 17.2 Å². The summed E-state index contributed by atoms with van der Waals surface area (Å²) in [5.41, 5.74) is 8.96. The number of nitrogens with two attached hydrogens (primary N) is 1. The lowest BCUT2D eigenvalue weighted by Gasteiger charge is -2.37. The molecule has 1 aliphatic heterocycles. The number of carboxylic acid groups (broad SMARTS) is 2. The van der Waals surface area contributed by atoms with Crippen molar-refractivity contribution in [3.63, 3.8) is 0 Å². The fourth-order valence-electron chi connectivity index (χ4n) is 5.89. The summed E-state index contributed by atoms with van der Waals surface area (Å²) in [4.78, 5) is 57.7. The second-order valence-electron chi connectivity index (χ2n) is 12.2. The fraction of sp³-hybridized carbons (Fsp3) is 0.289. The van der Waals surface area contributed by atoms with E-state index in [1.54, 1.807) is 35.4 Å². The van der Waals surface area contributed by atoms with Gasteiger partial charge in [-0.25, -0.2) is 9.78 Å². The molecule has 1 aromatic heterocycles. The Morgan fingerprint density at radius 3 is 2.13 bits per heavy atom. The van der Waals surface area contributed by atoms with Gasteiger partial charge in [-0.3, -0.25) is 14.4 Å². The molecule has 52 heavy (non-hydrogen) atoms. The van der Waals surface area contributed by atoms with Gasteiger partial charge in [-0.1, -0.05) is 66.7 Å². The molecule has 11 nitrogen and oxygen atoms in total. The average Bonchev–Trinajstić information content (AvgIpc) is 3.19. The third-order valence-electron chi connectivity index (χ3n) is 8.21. The maximum absolute atomic E-state index is 14.8. The van der Waals surface area contributed by atoms with E-state index in [1.165, 1.54) is 4.90 Å². The van der Waals surface area contributed by atoms with Crippen LogP contribution in [0.1, 0.15) is 72.2 Å². The van der Waals surface area contributed by atoms with Crippen LogP contribution in [-0.2, 0) is 20.8 Å². The predicted octanol–water partition coefficient (Wildman–Crippen LogP) is 6.85. The number of carbonyl (C=O) groups excluding carboxylic acids is 2. The summed E-state index contributed by atoms with van der Waals surface area (Å²) >= 11 is 0. The van der Waals surface area contributed by atoms with Crippen molar-refractivity contribution in [1.82, 2.24) is 9.88 Å². The first-order chi connectivity index (χ1) is 24.7. The number of carbonyl (C=O) groups is 4. The number of unbranched alkanes of at least 4 members (excludes halogenated alkanes) is 1. The number of ether oxygens (including phenoxy) is 1.